The van der Waals surface area contributed by atoms with E-state index in [9.17, 15) is 4.79 Å². The summed E-state index contributed by atoms with van der Waals surface area (Å²) >= 11 is 3.53. The number of ether oxygens (including phenoxy) is 1. The molecule has 0 spiro atoms. The molecule has 0 amide bonds. The van der Waals surface area contributed by atoms with Crippen LogP contribution in [-0.2, 0) is 15.8 Å². The number of imidazole rings is 1. The molecule has 0 aliphatic carbocycles. The Labute approximate surface area is 151 Å². The quantitative estimate of drug-likeness (QED) is 0.347. The van der Waals surface area contributed by atoms with Crippen LogP contribution in [0.5, 0.6) is 0 Å². The molecule has 2 aromatic heterocycles. The first-order valence-electron chi connectivity index (χ1n) is 7.67. The zero-order valence-corrected chi connectivity index (χ0v) is 16.2. The Morgan fingerprint density at radius 1 is 1.48 bits per heavy atom. The van der Waals surface area contributed by atoms with Crippen molar-refractivity contribution in [3.63, 3.8) is 0 Å². The fraction of sp³-hybridized carbons (Fsp3) is 0.615. The molecule has 5 N–H and O–H groups in total. The number of nitrogens with one attached hydrogen (secondary N) is 1. The van der Waals surface area contributed by atoms with E-state index in [-0.39, 0.29) is 24.2 Å². The van der Waals surface area contributed by atoms with Crippen LogP contribution in [0, 0.1) is 0 Å². The number of hydrogen-bond acceptors (Lipinski definition) is 9. The molecule has 10 nitrogen and oxygen atoms in total. The molecule has 25 heavy (non-hydrogen) atoms. The average molecular weight is 394 g/mol. The molecule has 0 bridgehead atoms. The summed E-state index contributed by atoms with van der Waals surface area (Å²) in [5.41, 5.74) is 5.69. The number of aromatic amines is 1. The lowest BCUT2D eigenvalue weighted by Crippen LogP contribution is -2.20. The highest BCUT2D eigenvalue weighted by Gasteiger charge is 2.31. The highest BCUT2D eigenvalue weighted by atomic mass is 32.7. The maximum Gasteiger partial charge on any atom is 0.472 e. The van der Waals surface area contributed by atoms with Gasteiger partial charge in [0.2, 0.25) is 5.95 Å². The molecular weight excluding hydrogens is 369 g/mol. The number of hydrogen-bond donors (Lipinski definition) is 5. The molecule has 2 heterocycles. The Hall–Kier alpha value is -1.23. The van der Waals surface area contributed by atoms with Crippen LogP contribution in [0.1, 0.15) is 26.7 Å². The number of methoxy groups -OCH3 is 1. The summed E-state index contributed by atoms with van der Waals surface area (Å²) in [4.78, 5) is 40.3. The lowest BCUT2D eigenvalue weighted by Gasteiger charge is -2.15. The number of nitrogens with two attached hydrogens (primary N) is 1. The van der Waals surface area contributed by atoms with Crippen molar-refractivity contribution >= 4 is 36.5 Å². The lowest BCUT2D eigenvalue weighted by molar-refractivity contribution is 0.0439. The fourth-order valence-corrected chi connectivity index (χ4v) is 2.44. The zero-order chi connectivity index (χ0) is 19.0. The van der Waals surface area contributed by atoms with Gasteiger partial charge in [-0.25, -0.2) is 4.98 Å². The predicted octanol–water partition coefficient (Wildman–Crippen LogP) is 1.13. The molecule has 0 aromatic carbocycles. The number of aryl methyl sites for hydroxylation is 1. The molecule has 0 fully saturated rings. The third kappa shape index (κ3) is 7.27. The number of fused-ring (bicyclic) bond motifs is 1. The van der Waals surface area contributed by atoms with Gasteiger partial charge in [-0.2, -0.15) is 19.3 Å². The van der Waals surface area contributed by atoms with Gasteiger partial charge in [0.1, 0.15) is 6.61 Å². The highest BCUT2D eigenvalue weighted by molar-refractivity contribution is 8.47. The van der Waals surface area contributed by atoms with Crippen molar-refractivity contribution < 1.29 is 19.0 Å². The summed E-state index contributed by atoms with van der Waals surface area (Å²) in [7, 11) is -2.12. The Balaban J connectivity index is 0.000000970. The minimum Gasteiger partial charge on any atom is -0.379 e. The lowest BCUT2D eigenvalue weighted by atomic mass is 10.2. The smallest absolute Gasteiger partial charge is 0.379 e. The molecule has 0 aliphatic heterocycles. The number of nitrogens with zero attached hydrogens (tertiary/aromatic N) is 3. The molecule has 2 rings (SSSR count). The highest BCUT2D eigenvalue weighted by Crippen LogP contribution is 2.55. The van der Waals surface area contributed by atoms with Crippen LogP contribution in [-0.4, -0.2) is 49.1 Å². The summed E-state index contributed by atoms with van der Waals surface area (Å²) in [6.45, 7) is 4.66. The monoisotopic (exact) mass is 394 g/mol. The third-order valence-electron chi connectivity index (χ3n) is 2.95. The molecule has 2 aromatic rings. The van der Waals surface area contributed by atoms with Gasteiger partial charge in [0, 0.05) is 13.7 Å². The fourth-order valence-electron chi connectivity index (χ4n) is 1.87. The van der Waals surface area contributed by atoms with Crippen LogP contribution in [0.25, 0.3) is 11.2 Å². The normalized spacial score (nSPS) is 12.7. The average Bonchev–Trinajstić information content (AvgIpc) is 2.90. The Kier molecular flexibility index (Phi) is 8.77. The second kappa shape index (κ2) is 10.0. The largest absolute Gasteiger partial charge is 0.472 e. The number of H-pyrrole nitrogens is 1. The van der Waals surface area contributed by atoms with Gasteiger partial charge in [-0.3, -0.25) is 9.78 Å². The van der Waals surface area contributed by atoms with Crippen LogP contribution in [0.4, 0.5) is 5.95 Å². The maximum absolute atomic E-state index is 11.7. The summed E-state index contributed by atoms with van der Waals surface area (Å²) in [5, 5.41) is 0. The van der Waals surface area contributed by atoms with E-state index in [1.54, 1.807) is 4.57 Å². The minimum absolute atomic E-state index is 0.0103. The van der Waals surface area contributed by atoms with Crippen molar-refractivity contribution in [2.75, 3.05) is 19.5 Å². The standard InChI is InChI=1S/C10H16N5O5PS.C3H8/c1-19-6(4-20-21(17,18)22)2-3-15-5-12-7-8(15)13-10(11)14-9(7)16;1-3-2/h5-6,17-18,22H,2-4H2,1H3,(H2-,11,13,14,16);3H2,1-2H3/p+1. The van der Waals surface area contributed by atoms with Gasteiger partial charge in [0.25, 0.3) is 5.56 Å². The van der Waals surface area contributed by atoms with Crippen LogP contribution >= 0.6 is 19.4 Å². The van der Waals surface area contributed by atoms with Crippen molar-refractivity contribution in [1.82, 2.24) is 19.5 Å². The van der Waals surface area contributed by atoms with Gasteiger partial charge in [0.05, 0.1) is 24.7 Å². The van der Waals surface area contributed by atoms with E-state index >= 15 is 0 Å². The first kappa shape index (κ1) is 21.8. The Morgan fingerprint density at radius 3 is 2.68 bits per heavy atom. The van der Waals surface area contributed by atoms with Crippen LogP contribution in [0.3, 0.4) is 0 Å². The van der Waals surface area contributed by atoms with Crippen molar-refractivity contribution in [3.05, 3.63) is 16.7 Å². The molecule has 0 radical (unpaired) electrons. The first-order chi connectivity index (χ1) is 11.7. The molecule has 0 saturated heterocycles. The van der Waals surface area contributed by atoms with E-state index in [0.29, 0.717) is 18.6 Å². The molecular formula is C13H25N5O5PS+. The van der Waals surface area contributed by atoms with Crippen LogP contribution in [0.2, 0.25) is 0 Å². The van der Waals surface area contributed by atoms with E-state index in [1.165, 1.54) is 19.9 Å². The topological polar surface area (TPSA) is 149 Å². The summed E-state index contributed by atoms with van der Waals surface area (Å²) in [5.74, 6) is 0.0103. The van der Waals surface area contributed by atoms with Gasteiger partial charge >= 0.3 is 7.15 Å². The number of nitrogen functional groups attached to an aromatic ring is 1. The summed E-state index contributed by atoms with van der Waals surface area (Å²) < 4.78 is 11.7. The summed E-state index contributed by atoms with van der Waals surface area (Å²) in [6, 6.07) is 0. The number of aromatic nitrogens is 4. The van der Waals surface area contributed by atoms with Gasteiger partial charge < -0.3 is 15.0 Å². The van der Waals surface area contributed by atoms with Crippen molar-refractivity contribution in [3.8, 4) is 0 Å². The Bertz CT molecular complexity index is 717. The first-order valence-corrected chi connectivity index (χ1v) is 10.4. The molecule has 1 unspecified atom stereocenters. The van der Waals surface area contributed by atoms with Gasteiger partial charge in [-0.1, -0.05) is 20.3 Å². The number of rotatable bonds is 7. The second-order valence-electron chi connectivity index (χ2n) is 5.22. The summed E-state index contributed by atoms with van der Waals surface area (Å²) in [6.07, 6.45) is 2.82. The van der Waals surface area contributed by atoms with E-state index in [1.807, 2.05) is 0 Å². The zero-order valence-electron chi connectivity index (χ0n) is 14.4. The van der Waals surface area contributed by atoms with Crippen molar-refractivity contribution in [2.45, 2.75) is 39.3 Å². The molecule has 12 heteroatoms. The van der Waals surface area contributed by atoms with Gasteiger partial charge in [-0.05, 0) is 6.42 Å². The van der Waals surface area contributed by atoms with Crippen molar-refractivity contribution in [2.24, 2.45) is 0 Å². The van der Waals surface area contributed by atoms with Crippen molar-refractivity contribution in [1.29, 1.82) is 0 Å². The SMILES string of the molecule is CCC.COC(CCn1cnc2c(=O)[nH]c(N)nc21)CO[P+](O)(O)S. The van der Waals surface area contributed by atoms with E-state index < -0.39 is 12.7 Å². The molecule has 1 atom stereocenters. The van der Waals surface area contributed by atoms with Gasteiger partial charge in [0.15, 0.2) is 11.2 Å². The second-order valence-corrected chi connectivity index (χ2v) is 8.07. The third-order valence-corrected chi connectivity index (χ3v) is 3.79. The predicted molar refractivity (Wildman–Crippen MR) is 100 cm³/mol. The Morgan fingerprint density at radius 2 is 2.12 bits per heavy atom. The van der Waals surface area contributed by atoms with E-state index in [2.05, 4.69) is 41.0 Å². The molecule has 142 valence electrons. The van der Waals surface area contributed by atoms with Crippen LogP contribution in [0.15, 0.2) is 11.1 Å². The van der Waals surface area contributed by atoms with Crippen LogP contribution < -0.4 is 11.3 Å². The van der Waals surface area contributed by atoms with Gasteiger partial charge in [-0.15, -0.1) is 0 Å². The molecule has 0 saturated carbocycles. The van der Waals surface area contributed by atoms with E-state index in [0.717, 1.165) is 0 Å². The number of thiol groups is 1. The maximum atomic E-state index is 11.7. The minimum atomic E-state index is -3.60. The molecule has 0 aliphatic rings. The van der Waals surface area contributed by atoms with E-state index in [4.69, 9.17) is 24.8 Å². The number of anilines is 1.